The Labute approximate surface area is 190 Å². The van der Waals surface area contributed by atoms with Crippen molar-refractivity contribution in [1.29, 1.82) is 0 Å². The minimum absolute atomic E-state index is 0.0781. The molecule has 0 unspecified atom stereocenters. The highest BCUT2D eigenvalue weighted by atomic mass is 16.6. The van der Waals surface area contributed by atoms with Crippen molar-refractivity contribution >= 4 is 18.0 Å². The molecule has 0 radical (unpaired) electrons. The number of amides is 2. The molecule has 0 bridgehead atoms. The number of carbonyl (C=O) groups is 3. The van der Waals surface area contributed by atoms with Crippen LogP contribution in [0.1, 0.15) is 84.8 Å². The number of carbonyl (C=O) groups excluding carboxylic acids is 3. The van der Waals surface area contributed by atoms with E-state index in [9.17, 15) is 14.4 Å². The molecule has 10 heteroatoms. The van der Waals surface area contributed by atoms with Crippen LogP contribution in [0.5, 0.6) is 0 Å². The number of hydrogen-bond acceptors (Lipinski definition) is 7. The lowest BCUT2D eigenvalue weighted by atomic mass is 9.94. The average Bonchev–Trinajstić information content (AvgIpc) is 3.19. The van der Waals surface area contributed by atoms with E-state index < -0.39 is 23.7 Å². The van der Waals surface area contributed by atoms with Crippen LogP contribution in [-0.4, -0.2) is 57.8 Å². The number of alkyl carbamates (subject to hydrolysis) is 1. The first-order valence-electron chi connectivity index (χ1n) is 11.1. The van der Waals surface area contributed by atoms with Gasteiger partial charge < -0.3 is 20.1 Å². The van der Waals surface area contributed by atoms with E-state index in [0.717, 1.165) is 0 Å². The molecule has 0 aliphatic heterocycles. The zero-order valence-electron chi connectivity index (χ0n) is 20.8. The Morgan fingerprint density at radius 3 is 2.25 bits per heavy atom. The van der Waals surface area contributed by atoms with E-state index in [4.69, 9.17) is 4.74 Å². The van der Waals surface area contributed by atoms with Gasteiger partial charge in [0.2, 0.25) is 5.91 Å². The minimum atomic E-state index is -0.719. The molecule has 0 spiro atoms. The molecule has 0 saturated carbocycles. The molecule has 2 amide bonds. The van der Waals surface area contributed by atoms with Gasteiger partial charge in [0, 0.05) is 6.04 Å². The summed E-state index contributed by atoms with van der Waals surface area (Å²) in [5.74, 6) is -0.762. The maximum Gasteiger partial charge on any atom is 0.408 e. The summed E-state index contributed by atoms with van der Waals surface area (Å²) >= 11 is 0. The summed E-state index contributed by atoms with van der Waals surface area (Å²) in [5.41, 5.74) is -0.528. The summed E-state index contributed by atoms with van der Waals surface area (Å²) in [5, 5.41) is 13.6. The minimum Gasteiger partial charge on any atom is -0.464 e. The van der Waals surface area contributed by atoms with Crippen LogP contribution in [0.25, 0.3) is 0 Å². The summed E-state index contributed by atoms with van der Waals surface area (Å²) < 4.78 is 11.6. The number of hydrogen-bond donors (Lipinski definition) is 2. The molecule has 32 heavy (non-hydrogen) atoms. The quantitative estimate of drug-likeness (QED) is 0.522. The fourth-order valence-corrected chi connectivity index (χ4v) is 3.07. The van der Waals surface area contributed by atoms with Gasteiger partial charge in [-0.05, 0) is 46.0 Å². The highest BCUT2D eigenvalue weighted by Crippen LogP contribution is 2.19. The van der Waals surface area contributed by atoms with Crippen molar-refractivity contribution in [2.75, 3.05) is 7.11 Å². The van der Waals surface area contributed by atoms with E-state index in [1.54, 1.807) is 25.5 Å². The predicted molar refractivity (Wildman–Crippen MR) is 120 cm³/mol. The Hall–Kier alpha value is -2.65. The molecule has 0 fully saturated rings. The lowest BCUT2D eigenvalue weighted by molar-refractivity contribution is -0.125. The van der Waals surface area contributed by atoms with Gasteiger partial charge in [0.1, 0.15) is 11.6 Å². The molecule has 1 aromatic heterocycles. The van der Waals surface area contributed by atoms with Crippen LogP contribution < -0.4 is 10.6 Å². The maximum absolute atomic E-state index is 13.1. The van der Waals surface area contributed by atoms with E-state index in [1.807, 2.05) is 34.6 Å². The zero-order valence-corrected chi connectivity index (χ0v) is 20.8. The summed E-state index contributed by atoms with van der Waals surface area (Å²) in [7, 11) is 1.29. The van der Waals surface area contributed by atoms with Crippen molar-refractivity contribution in [3.8, 4) is 0 Å². The normalized spacial score (nSPS) is 15.4. The lowest BCUT2D eigenvalue weighted by Crippen LogP contribution is -2.54. The zero-order chi connectivity index (χ0) is 24.6. The number of methoxy groups -OCH3 is 1. The van der Waals surface area contributed by atoms with Crippen molar-refractivity contribution < 1.29 is 23.9 Å². The van der Waals surface area contributed by atoms with Crippen LogP contribution in [0.2, 0.25) is 0 Å². The fraction of sp³-hybridized carbons (Fsp3) is 0.773. The summed E-state index contributed by atoms with van der Waals surface area (Å²) in [4.78, 5) is 37.0. The molecule has 1 rings (SSSR count). The van der Waals surface area contributed by atoms with Crippen molar-refractivity contribution in [3.05, 3.63) is 11.9 Å². The van der Waals surface area contributed by atoms with Crippen molar-refractivity contribution in [1.82, 2.24) is 25.6 Å². The molecular formula is C22H39N5O5. The first-order valence-corrected chi connectivity index (χ1v) is 11.1. The molecule has 0 aliphatic rings. The maximum atomic E-state index is 13.1. The van der Waals surface area contributed by atoms with Crippen LogP contribution in [0.15, 0.2) is 6.20 Å². The lowest BCUT2D eigenvalue weighted by Gasteiger charge is -2.30. The molecule has 182 valence electrons. The first-order chi connectivity index (χ1) is 14.8. The number of nitrogens with zero attached hydrogens (tertiary/aromatic N) is 3. The molecule has 0 aromatic carbocycles. The molecule has 0 aliphatic carbocycles. The van der Waals surface area contributed by atoms with E-state index in [-0.39, 0.29) is 35.5 Å². The van der Waals surface area contributed by atoms with Gasteiger partial charge in [-0.2, -0.15) is 0 Å². The second-order valence-corrected chi connectivity index (χ2v) is 9.53. The van der Waals surface area contributed by atoms with Gasteiger partial charge in [-0.1, -0.05) is 39.3 Å². The number of aromatic nitrogens is 3. The van der Waals surface area contributed by atoms with E-state index in [0.29, 0.717) is 12.8 Å². The van der Waals surface area contributed by atoms with E-state index >= 15 is 0 Å². The number of esters is 1. The predicted octanol–water partition coefficient (Wildman–Crippen LogP) is 3.10. The highest BCUT2D eigenvalue weighted by Gasteiger charge is 2.31. The molecule has 4 atom stereocenters. The van der Waals surface area contributed by atoms with Crippen LogP contribution in [0.3, 0.4) is 0 Å². The number of rotatable bonds is 10. The van der Waals surface area contributed by atoms with Gasteiger partial charge in [0.25, 0.3) is 0 Å². The molecule has 2 N–H and O–H groups in total. The fourth-order valence-electron chi connectivity index (χ4n) is 3.07. The Morgan fingerprint density at radius 1 is 1.12 bits per heavy atom. The highest BCUT2D eigenvalue weighted by molar-refractivity contribution is 5.87. The van der Waals surface area contributed by atoms with Gasteiger partial charge in [0.05, 0.1) is 19.3 Å². The summed E-state index contributed by atoms with van der Waals surface area (Å²) in [6, 6.07) is -1.03. The molecule has 0 saturated heterocycles. The number of nitrogens with one attached hydrogen (secondary N) is 2. The molecule has 1 aromatic rings. The molecule has 10 nitrogen and oxygen atoms in total. The molecular weight excluding hydrogens is 414 g/mol. The average molecular weight is 454 g/mol. The smallest absolute Gasteiger partial charge is 0.408 e. The van der Waals surface area contributed by atoms with E-state index in [2.05, 4.69) is 25.7 Å². The van der Waals surface area contributed by atoms with Gasteiger partial charge >= 0.3 is 12.1 Å². The SMILES string of the molecule is CC[C@H](C)[C@H](NC(=O)OC(C)(C)C)C(=O)N[C@H](C[C@@H](C)n1cc(C(=O)OC)nn1)C(C)C. The Kier molecular flexibility index (Phi) is 10.1. The van der Waals surface area contributed by atoms with E-state index in [1.165, 1.54) is 13.3 Å². The third-order valence-electron chi connectivity index (χ3n) is 5.25. The van der Waals surface area contributed by atoms with Crippen LogP contribution in [0, 0.1) is 11.8 Å². The number of ether oxygens (including phenoxy) is 2. The van der Waals surface area contributed by atoms with Gasteiger partial charge in [0.15, 0.2) is 5.69 Å². The van der Waals surface area contributed by atoms with Crippen LogP contribution >= 0.6 is 0 Å². The Morgan fingerprint density at radius 2 is 1.75 bits per heavy atom. The van der Waals surface area contributed by atoms with Crippen molar-refractivity contribution in [3.63, 3.8) is 0 Å². The Bertz CT molecular complexity index is 771. The summed E-state index contributed by atoms with van der Waals surface area (Å²) in [6.45, 7) is 15.2. The Balaban J connectivity index is 2.90. The van der Waals surface area contributed by atoms with Crippen LogP contribution in [0.4, 0.5) is 4.79 Å². The third kappa shape index (κ3) is 8.47. The van der Waals surface area contributed by atoms with Crippen molar-refractivity contribution in [2.45, 2.75) is 92.0 Å². The third-order valence-corrected chi connectivity index (χ3v) is 5.25. The van der Waals surface area contributed by atoms with Gasteiger partial charge in [-0.25, -0.2) is 14.3 Å². The monoisotopic (exact) mass is 453 g/mol. The standard InChI is InChI=1S/C22H39N5O5/c1-10-14(4)18(24-21(30)32-22(6,7)8)19(28)23-16(13(2)3)11-15(5)27-12-17(25-26-27)20(29)31-9/h12-16,18H,10-11H2,1-9H3,(H,23,28)(H,24,30)/t14-,15+,16+,18-/m0/s1. The molecule has 1 heterocycles. The van der Waals surface area contributed by atoms with Crippen LogP contribution in [-0.2, 0) is 14.3 Å². The first kappa shape index (κ1) is 27.4. The second kappa shape index (κ2) is 11.8. The summed E-state index contributed by atoms with van der Waals surface area (Å²) in [6.07, 6.45) is 2.19. The topological polar surface area (TPSA) is 124 Å². The largest absolute Gasteiger partial charge is 0.464 e. The van der Waals surface area contributed by atoms with Gasteiger partial charge in [-0.15, -0.1) is 5.10 Å². The van der Waals surface area contributed by atoms with Gasteiger partial charge in [-0.3, -0.25) is 4.79 Å². The van der Waals surface area contributed by atoms with Crippen molar-refractivity contribution in [2.24, 2.45) is 11.8 Å². The second-order valence-electron chi connectivity index (χ2n) is 9.53.